The molecule has 42 heavy (non-hydrogen) atoms. The largest absolute Gasteiger partial charge is 0.481 e. The standard InChI is InChI=1S/C20H38O4.C18H38/c1-2-3-4-5-6-7-8-9-10-11-12-13-14-15-16-18(20(23)24)17-19(21)22;1-3-5-7-9-11-13-15-17-18-16-14-12-10-8-6-4-2/h18H,2-17H2,1H3,(H,21,22)(H,23,24);3-18H2,1-2H3. The van der Waals surface area contributed by atoms with Crippen LogP contribution in [0.3, 0.4) is 0 Å². The Morgan fingerprint density at radius 1 is 0.381 bits per heavy atom. The van der Waals surface area contributed by atoms with Gasteiger partial charge in [-0.2, -0.15) is 0 Å². The molecule has 0 saturated carbocycles. The van der Waals surface area contributed by atoms with Crippen molar-refractivity contribution in [3.63, 3.8) is 0 Å². The number of aliphatic carboxylic acids is 2. The van der Waals surface area contributed by atoms with E-state index in [0.717, 1.165) is 19.3 Å². The van der Waals surface area contributed by atoms with Gasteiger partial charge in [0.2, 0.25) is 0 Å². The van der Waals surface area contributed by atoms with Gasteiger partial charge in [0.15, 0.2) is 0 Å². The van der Waals surface area contributed by atoms with Gasteiger partial charge in [-0.05, 0) is 6.42 Å². The van der Waals surface area contributed by atoms with E-state index >= 15 is 0 Å². The van der Waals surface area contributed by atoms with E-state index in [0.29, 0.717) is 6.42 Å². The molecule has 0 aromatic heterocycles. The molecule has 0 saturated heterocycles. The Labute approximate surface area is 263 Å². The summed E-state index contributed by atoms with van der Waals surface area (Å²) in [5, 5.41) is 17.6. The van der Waals surface area contributed by atoms with Crippen molar-refractivity contribution in [1.29, 1.82) is 0 Å². The van der Waals surface area contributed by atoms with Crippen molar-refractivity contribution < 1.29 is 19.8 Å². The minimum atomic E-state index is -1.02. The van der Waals surface area contributed by atoms with Gasteiger partial charge in [0, 0.05) is 0 Å². The third kappa shape index (κ3) is 38.9. The fourth-order valence-corrected chi connectivity index (χ4v) is 5.73. The van der Waals surface area contributed by atoms with E-state index in [1.165, 1.54) is 173 Å². The molecule has 0 aromatic carbocycles. The minimum Gasteiger partial charge on any atom is -0.481 e. The average molecular weight is 597 g/mol. The molecule has 0 spiro atoms. The van der Waals surface area contributed by atoms with Crippen LogP contribution in [-0.4, -0.2) is 22.2 Å². The van der Waals surface area contributed by atoms with Gasteiger partial charge < -0.3 is 10.2 Å². The summed E-state index contributed by atoms with van der Waals surface area (Å²) in [6.45, 7) is 6.84. The molecular weight excluding hydrogens is 520 g/mol. The molecule has 0 aliphatic heterocycles. The summed E-state index contributed by atoms with van der Waals surface area (Å²) in [6, 6.07) is 0. The summed E-state index contributed by atoms with van der Waals surface area (Å²) in [5.41, 5.74) is 0. The molecule has 0 radical (unpaired) electrons. The lowest BCUT2D eigenvalue weighted by atomic mass is 9.97. The molecule has 252 valence electrons. The smallest absolute Gasteiger partial charge is 0.307 e. The molecule has 2 N–H and O–H groups in total. The third-order valence-electron chi connectivity index (χ3n) is 8.63. The number of hydrogen-bond acceptors (Lipinski definition) is 2. The van der Waals surface area contributed by atoms with Crippen LogP contribution < -0.4 is 0 Å². The SMILES string of the molecule is CCCCCCCCCCCCCCCCC(CC(=O)O)C(=O)O.CCCCCCCCCCCCCCCCCC. The lowest BCUT2D eigenvalue weighted by Crippen LogP contribution is -2.17. The van der Waals surface area contributed by atoms with Gasteiger partial charge in [-0.3, -0.25) is 9.59 Å². The maximum absolute atomic E-state index is 10.9. The van der Waals surface area contributed by atoms with E-state index in [4.69, 9.17) is 10.2 Å². The Morgan fingerprint density at radius 2 is 0.595 bits per heavy atom. The van der Waals surface area contributed by atoms with Crippen LogP contribution in [0.1, 0.15) is 226 Å². The van der Waals surface area contributed by atoms with Crippen molar-refractivity contribution in [3.05, 3.63) is 0 Å². The van der Waals surface area contributed by atoms with Crippen LogP contribution in [0.15, 0.2) is 0 Å². The molecule has 1 atom stereocenters. The zero-order chi connectivity index (χ0) is 31.4. The van der Waals surface area contributed by atoms with Gasteiger partial charge in [-0.25, -0.2) is 0 Å². The number of hydrogen-bond donors (Lipinski definition) is 2. The molecule has 0 fully saturated rings. The topological polar surface area (TPSA) is 74.6 Å². The van der Waals surface area contributed by atoms with Crippen molar-refractivity contribution in [2.24, 2.45) is 5.92 Å². The minimum absolute atomic E-state index is 0.256. The summed E-state index contributed by atoms with van der Waals surface area (Å²) in [4.78, 5) is 21.5. The highest BCUT2D eigenvalue weighted by Crippen LogP contribution is 2.17. The Morgan fingerprint density at radius 3 is 0.786 bits per heavy atom. The molecule has 1 unspecified atom stereocenters. The fraction of sp³-hybridized carbons (Fsp3) is 0.947. The van der Waals surface area contributed by atoms with Gasteiger partial charge in [0.05, 0.1) is 12.3 Å². The Balaban J connectivity index is 0. The molecule has 0 bridgehead atoms. The van der Waals surface area contributed by atoms with Crippen molar-refractivity contribution in [2.45, 2.75) is 226 Å². The Hall–Kier alpha value is -1.06. The lowest BCUT2D eigenvalue weighted by molar-refractivity contribution is -0.148. The van der Waals surface area contributed by atoms with Crippen LogP contribution >= 0.6 is 0 Å². The highest BCUT2D eigenvalue weighted by molar-refractivity contribution is 5.77. The molecule has 0 heterocycles. The van der Waals surface area contributed by atoms with Crippen molar-refractivity contribution in [1.82, 2.24) is 0 Å². The van der Waals surface area contributed by atoms with Gasteiger partial charge >= 0.3 is 11.9 Å². The highest BCUT2D eigenvalue weighted by Gasteiger charge is 2.20. The summed E-state index contributed by atoms with van der Waals surface area (Å²) in [7, 11) is 0. The maximum atomic E-state index is 10.9. The fourth-order valence-electron chi connectivity index (χ4n) is 5.73. The van der Waals surface area contributed by atoms with Crippen LogP contribution in [-0.2, 0) is 9.59 Å². The molecule has 0 aromatic rings. The molecule has 0 aliphatic rings. The van der Waals surface area contributed by atoms with Crippen molar-refractivity contribution in [2.75, 3.05) is 0 Å². The maximum Gasteiger partial charge on any atom is 0.307 e. The van der Waals surface area contributed by atoms with Gasteiger partial charge in [0.1, 0.15) is 0 Å². The first kappa shape index (κ1) is 43.1. The molecule has 0 aliphatic carbocycles. The van der Waals surface area contributed by atoms with Gasteiger partial charge in [0.25, 0.3) is 0 Å². The molecule has 4 nitrogen and oxygen atoms in total. The molecule has 0 amide bonds. The van der Waals surface area contributed by atoms with Crippen molar-refractivity contribution >= 4 is 11.9 Å². The van der Waals surface area contributed by atoms with Crippen LogP contribution in [0, 0.1) is 5.92 Å². The normalized spacial score (nSPS) is 11.7. The second-order valence-electron chi connectivity index (χ2n) is 13.0. The lowest BCUT2D eigenvalue weighted by Gasteiger charge is -2.09. The van der Waals surface area contributed by atoms with E-state index in [2.05, 4.69) is 20.8 Å². The van der Waals surface area contributed by atoms with E-state index < -0.39 is 17.9 Å². The second-order valence-corrected chi connectivity index (χ2v) is 13.0. The van der Waals surface area contributed by atoms with E-state index in [1.54, 1.807) is 0 Å². The van der Waals surface area contributed by atoms with Gasteiger partial charge in [-0.1, -0.05) is 213 Å². The summed E-state index contributed by atoms with van der Waals surface area (Å²) in [6.07, 6.45) is 41.4. The number of rotatable bonds is 33. The zero-order valence-corrected chi connectivity index (χ0v) is 28.9. The van der Waals surface area contributed by atoms with E-state index in [9.17, 15) is 9.59 Å². The highest BCUT2D eigenvalue weighted by atomic mass is 16.4. The monoisotopic (exact) mass is 597 g/mol. The first-order chi connectivity index (χ1) is 20.5. The number of carbonyl (C=O) groups is 2. The summed E-state index contributed by atoms with van der Waals surface area (Å²) >= 11 is 0. The predicted molar refractivity (Wildman–Crippen MR) is 184 cm³/mol. The first-order valence-electron chi connectivity index (χ1n) is 18.9. The predicted octanol–water partition coefficient (Wildman–Crippen LogP) is 13.3. The number of unbranched alkanes of at least 4 members (excludes halogenated alkanes) is 28. The molecule has 0 rings (SSSR count). The van der Waals surface area contributed by atoms with Crippen LogP contribution in [0.5, 0.6) is 0 Å². The quantitative estimate of drug-likeness (QED) is 0.0739. The zero-order valence-electron chi connectivity index (χ0n) is 28.9. The van der Waals surface area contributed by atoms with E-state index in [1.807, 2.05) is 0 Å². The van der Waals surface area contributed by atoms with E-state index in [-0.39, 0.29) is 6.42 Å². The molecule has 4 heteroatoms. The average Bonchev–Trinajstić information content (AvgIpc) is 2.97. The summed E-state index contributed by atoms with van der Waals surface area (Å²) in [5.74, 6) is -2.72. The van der Waals surface area contributed by atoms with Crippen molar-refractivity contribution in [3.8, 4) is 0 Å². The first-order valence-corrected chi connectivity index (χ1v) is 18.9. The molecular formula is C38H76O4. The van der Waals surface area contributed by atoms with Crippen LogP contribution in [0.25, 0.3) is 0 Å². The number of carboxylic acids is 2. The Kier molecular flexibility index (Phi) is 38.9. The number of carboxylic acid groups (broad SMARTS) is 2. The second kappa shape index (κ2) is 38.0. The summed E-state index contributed by atoms with van der Waals surface area (Å²) < 4.78 is 0. The van der Waals surface area contributed by atoms with Gasteiger partial charge in [-0.15, -0.1) is 0 Å². The third-order valence-corrected chi connectivity index (χ3v) is 8.63. The Bertz CT molecular complexity index is 517. The van der Waals surface area contributed by atoms with Crippen LogP contribution in [0.2, 0.25) is 0 Å². The van der Waals surface area contributed by atoms with Crippen LogP contribution in [0.4, 0.5) is 0 Å².